The highest BCUT2D eigenvalue weighted by Gasteiger charge is 2.27. The van der Waals surface area contributed by atoms with E-state index in [-0.39, 0.29) is 0 Å². The second-order valence-corrected chi connectivity index (χ2v) is 15.7. The molecule has 11 nitrogen and oxygen atoms in total. The van der Waals surface area contributed by atoms with E-state index >= 15 is 0 Å². The van der Waals surface area contributed by atoms with Crippen molar-refractivity contribution in [1.82, 2.24) is 29.7 Å². The lowest BCUT2D eigenvalue weighted by Crippen LogP contribution is -2.52. The number of para-hydroxylation sites is 1. The van der Waals surface area contributed by atoms with E-state index in [9.17, 15) is 4.57 Å². The Bertz CT molecular complexity index is 1700. The first-order valence-electron chi connectivity index (χ1n) is 16.2. The third-order valence-corrected chi connectivity index (χ3v) is 10.6. The van der Waals surface area contributed by atoms with E-state index in [0.29, 0.717) is 17.8 Å². The van der Waals surface area contributed by atoms with Crippen LogP contribution < -0.4 is 30.9 Å². The lowest BCUT2D eigenvalue weighted by Gasteiger charge is -2.41. The molecule has 4 aromatic rings. The topological polar surface area (TPSA) is 112 Å². The number of rotatable bonds is 10. The molecule has 0 amide bonds. The number of nitrogens with one attached hydrogen (secondary N) is 3. The van der Waals surface area contributed by atoms with Crippen molar-refractivity contribution in [3.63, 3.8) is 0 Å². The second-order valence-electron chi connectivity index (χ2n) is 12.5. The third kappa shape index (κ3) is 7.07. The lowest BCUT2D eigenvalue weighted by atomic mass is 9.99. The van der Waals surface area contributed by atoms with Crippen LogP contribution in [0.15, 0.2) is 55.1 Å². The maximum Gasteiger partial charge on any atom is 0.229 e. The molecule has 2 aromatic carbocycles. The van der Waals surface area contributed by atoms with Gasteiger partial charge in [0.15, 0.2) is 0 Å². The number of ether oxygens (including phenoxy) is 1. The first kappa shape index (κ1) is 32.0. The summed E-state index contributed by atoms with van der Waals surface area (Å²) in [5.41, 5.74) is 5.52. The Kier molecular flexibility index (Phi) is 9.63. The molecule has 0 radical (unpaired) electrons. The molecule has 244 valence electrons. The van der Waals surface area contributed by atoms with Crippen LogP contribution in [0.5, 0.6) is 5.75 Å². The molecule has 0 aliphatic carbocycles. The number of piperazine rings is 1. The first-order valence-corrected chi connectivity index (χ1v) is 18.8. The van der Waals surface area contributed by atoms with Gasteiger partial charge >= 0.3 is 0 Å². The predicted molar refractivity (Wildman–Crippen MR) is 188 cm³/mol. The Balaban J connectivity index is 1.28. The number of imidazole rings is 1. The van der Waals surface area contributed by atoms with Crippen molar-refractivity contribution in [2.45, 2.75) is 32.2 Å². The van der Waals surface area contributed by atoms with Crippen LogP contribution in [0.3, 0.4) is 0 Å². The molecule has 2 saturated heterocycles. The van der Waals surface area contributed by atoms with Crippen molar-refractivity contribution in [3.05, 3.63) is 60.7 Å². The molecule has 0 unspecified atom stereocenters. The van der Waals surface area contributed by atoms with E-state index < -0.39 is 7.14 Å². The van der Waals surface area contributed by atoms with Crippen LogP contribution >= 0.6 is 7.14 Å². The molecular weight excluding hydrogens is 597 g/mol. The van der Waals surface area contributed by atoms with Gasteiger partial charge in [0.25, 0.3) is 0 Å². The summed E-state index contributed by atoms with van der Waals surface area (Å²) in [5.74, 6) is 1.73. The summed E-state index contributed by atoms with van der Waals surface area (Å²) in [5, 5.41) is 11.1. The Morgan fingerprint density at radius 2 is 1.78 bits per heavy atom. The van der Waals surface area contributed by atoms with E-state index in [0.717, 1.165) is 79.4 Å². The van der Waals surface area contributed by atoms with Gasteiger partial charge in [-0.05, 0) is 56.4 Å². The SMILES string of the molecule is CCc1cc(Nc2ncc(-c3cn(C)cn3)c(Nc3ccccc3P(C)(C)=O)n2)c(OC)cc1N1CCC(N2CCNCC2)CC1. The summed E-state index contributed by atoms with van der Waals surface area (Å²) in [7, 11) is 1.07. The molecule has 4 heterocycles. The minimum Gasteiger partial charge on any atom is -0.494 e. The Morgan fingerprint density at radius 1 is 1.02 bits per heavy atom. The van der Waals surface area contributed by atoms with Gasteiger partial charge in [0, 0.05) is 81.8 Å². The van der Waals surface area contributed by atoms with Crippen molar-refractivity contribution < 1.29 is 9.30 Å². The maximum absolute atomic E-state index is 13.1. The molecule has 2 aromatic heterocycles. The van der Waals surface area contributed by atoms with Gasteiger partial charge in [-0.15, -0.1) is 0 Å². The van der Waals surface area contributed by atoms with Crippen molar-refractivity contribution in [2.24, 2.45) is 7.05 Å². The standard InChI is InChI=1S/C34H46N9O2P/c1-6-24-19-28(31(45-3)20-30(24)43-15-11-25(12-16-43)42-17-13-35-14-18-42)39-34-36-21-26(29-22-41(2)23-37-29)33(40-34)38-27-9-7-8-10-32(27)46(4,5)44/h7-10,19-23,25,35H,6,11-18H2,1-5H3,(H2,36,38,39,40). The number of aryl methyl sites for hydroxylation is 2. The van der Waals surface area contributed by atoms with Crippen molar-refractivity contribution in [2.75, 3.05) is 75.2 Å². The quantitative estimate of drug-likeness (QED) is 0.203. The number of anilines is 5. The lowest BCUT2D eigenvalue weighted by molar-refractivity contribution is 0.150. The first-order chi connectivity index (χ1) is 22.2. The van der Waals surface area contributed by atoms with Gasteiger partial charge in [0.1, 0.15) is 18.7 Å². The minimum atomic E-state index is -2.56. The molecule has 2 aliphatic heterocycles. The zero-order valence-corrected chi connectivity index (χ0v) is 28.5. The van der Waals surface area contributed by atoms with E-state index in [2.05, 4.69) is 54.8 Å². The summed E-state index contributed by atoms with van der Waals surface area (Å²) in [6.45, 7) is 12.3. The summed E-state index contributed by atoms with van der Waals surface area (Å²) in [6, 6.07) is 12.6. The van der Waals surface area contributed by atoms with Crippen LogP contribution in [0.2, 0.25) is 0 Å². The highest BCUT2D eigenvalue weighted by Crippen LogP contribution is 2.40. The average molecular weight is 644 g/mol. The minimum absolute atomic E-state index is 0.417. The highest BCUT2D eigenvalue weighted by atomic mass is 31.2. The molecule has 0 bridgehead atoms. The summed E-state index contributed by atoms with van der Waals surface area (Å²) < 4.78 is 20.9. The summed E-state index contributed by atoms with van der Waals surface area (Å²) in [4.78, 5) is 19.3. The Hall–Kier alpha value is -3.92. The molecular formula is C34H46N9O2P. The van der Waals surface area contributed by atoms with Gasteiger partial charge in [-0.25, -0.2) is 9.97 Å². The van der Waals surface area contributed by atoms with Crippen LogP contribution in [-0.4, -0.2) is 90.2 Å². The van der Waals surface area contributed by atoms with Crippen LogP contribution in [-0.2, 0) is 18.0 Å². The average Bonchev–Trinajstić information content (AvgIpc) is 3.50. The molecule has 12 heteroatoms. The number of hydrogen-bond donors (Lipinski definition) is 3. The van der Waals surface area contributed by atoms with E-state index in [1.807, 2.05) is 42.1 Å². The molecule has 0 saturated carbocycles. The van der Waals surface area contributed by atoms with Crippen LogP contribution in [0.1, 0.15) is 25.3 Å². The molecule has 0 spiro atoms. The second kappa shape index (κ2) is 13.8. The van der Waals surface area contributed by atoms with E-state index in [4.69, 9.17) is 9.72 Å². The summed E-state index contributed by atoms with van der Waals surface area (Å²) in [6.07, 6.45) is 8.68. The number of nitrogens with zero attached hydrogens (tertiary/aromatic N) is 6. The molecule has 3 N–H and O–H groups in total. The van der Waals surface area contributed by atoms with Crippen molar-refractivity contribution in [1.29, 1.82) is 0 Å². The van der Waals surface area contributed by atoms with E-state index in [1.165, 1.54) is 24.1 Å². The molecule has 2 fully saturated rings. The number of benzene rings is 2. The number of hydrogen-bond acceptors (Lipinski definition) is 10. The summed E-state index contributed by atoms with van der Waals surface area (Å²) >= 11 is 0. The smallest absolute Gasteiger partial charge is 0.229 e. The third-order valence-electron chi connectivity index (χ3n) is 9.01. The van der Waals surface area contributed by atoms with Gasteiger partial charge in [0.05, 0.1) is 36.1 Å². The van der Waals surface area contributed by atoms with Crippen LogP contribution in [0.25, 0.3) is 11.3 Å². The Morgan fingerprint density at radius 3 is 2.46 bits per heavy atom. The van der Waals surface area contributed by atoms with Crippen molar-refractivity contribution in [3.8, 4) is 17.0 Å². The van der Waals surface area contributed by atoms with Crippen LogP contribution in [0.4, 0.5) is 28.8 Å². The monoisotopic (exact) mass is 643 g/mol. The molecule has 6 rings (SSSR count). The number of piperidine rings is 1. The number of methoxy groups -OCH3 is 1. The molecule has 0 atom stereocenters. The predicted octanol–water partition coefficient (Wildman–Crippen LogP) is 5.06. The molecule has 2 aliphatic rings. The highest BCUT2D eigenvalue weighted by molar-refractivity contribution is 7.70. The Labute approximate surface area is 272 Å². The van der Waals surface area contributed by atoms with Gasteiger partial charge in [0.2, 0.25) is 5.95 Å². The van der Waals surface area contributed by atoms with Crippen LogP contribution in [0, 0.1) is 0 Å². The fourth-order valence-electron chi connectivity index (χ4n) is 6.55. The van der Waals surface area contributed by atoms with Gasteiger partial charge < -0.3 is 34.7 Å². The van der Waals surface area contributed by atoms with Gasteiger partial charge in [-0.1, -0.05) is 19.1 Å². The molecule has 46 heavy (non-hydrogen) atoms. The fourth-order valence-corrected chi connectivity index (χ4v) is 7.71. The largest absolute Gasteiger partial charge is 0.494 e. The van der Waals surface area contributed by atoms with E-state index in [1.54, 1.807) is 33.0 Å². The zero-order valence-electron chi connectivity index (χ0n) is 27.6. The van der Waals surface area contributed by atoms with Gasteiger partial charge in [-0.2, -0.15) is 4.98 Å². The zero-order chi connectivity index (χ0) is 32.3. The van der Waals surface area contributed by atoms with Crippen molar-refractivity contribution >= 4 is 41.3 Å². The number of aromatic nitrogens is 4. The normalized spacial score (nSPS) is 16.4. The van der Waals surface area contributed by atoms with Gasteiger partial charge in [-0.3, -0.25) is 4.90 Å². The fraction of sp³-hybridized carbons (Fsp3) is 0.441. The maximum atomic E-state index is 13.1.